The van der Waals surface area contributed by atoms with Gasteiger partial charge in [-0.2, -0.15) is 0 Å². The molecular formula is H6GaInO2Zn. The number of hydrogen-bond acceptors (Lipinski definition) is 2. The molecule has 2 nitrogen and oxygen atoms in total. The van der Waals surface area contributed by atoms with E-state index in [2.05, 4.69) is 7.43 Å². The van der Waals surface area contributed by atoms with Gasteiger partial charge in [0.25, 0.3) is 0 Å². The molecule has 1 fully saturated rings. The van der Waals surface area contributed by atoms with Crippen LogP contribution in [0.15, 0.2) is 0 Å². The molecule has 0 aliphatic carbocycles. The van der Waals surface area contributed by atoms with E-state index in [0.717, 1.165) is 0 Å². The van der Waals surface area contributed by atoms with E-state index in [-0.39, 0.29) is 45.6 Å². The Bertz CT molecular complexity index is 14.4. The fourth-order valence-electron chi connectivity index (χ4n) is 0. The van der Waals surface area contributed by atoms with Crippen molar-refractivity contribution in [2.75, 3.05) is 0 Å². The van der Waals surface area contributed by atoms with Crippen molar-refractivity contribution >= 4 is 45.6 Å². The summed E-state index contributed by atoms with van der Waals surface area (Å²) in [6, 6.07) is 0. The van der Waals surface area contributed by atoms with E-state index in [1.165, 1.54) is 0 Å². The fraction of sp³-hybridized carbons (Fsp3) is 0. The quantitative estimate of drug-likeness (QED) is 0.279. The van der Waals surface area contributed by atoms with Gasteiger partial charge in [-0.3, -0.25) is 0 Å². The first kappa shape index (κ1) is 10.1. The second-order valence-corrected chi connectivity index (χ2v) is 1.84. The van der Waals surface area contributed by atoms with Crippen LogP contribution >= 0.6 is 0 Å². The van der Waals surface area contributed by atoms with Gasteiger partial charge >= 0.3 is 70.9 Å². The summed E-state index contributed by atoms with van der Waals surface area (Å²) in [6.07, 6.45) is 0. The predicted molar refractivity (Wildman–Crippen MR) is 22.0 cm³/mol. The van der Waals surface area contributed by atoms with Crippen LogP contribution in [0.25, 0.3) is 0 Å². The molecule has 5 heteroatoms. The van der Waals surface area contributed by atoms with Crippen molar-refractivity contribution in [1.82, 2.24) is 0 Å². The molecule has 0 N–H and O–H groups in total. The third-order valence-electron chi connectivity index (χ3n) is 0.118. The molecule has 1 heterocycles. The first-order valence-corrected chi connectivity index (χ1v) is 3.17. The number of rotatable bonds is 0. The molecule has 0 aromatic rings. The third kappa shape index (κ3) is 10.7. The third-order valence-corrected chi connectivity index (χ3v) is 0.612. The van der Waals surface area contributed by atoms with Crippen molar-refractivity contribution in [1.29, 1.82) is 0 Å². The molecule has 0 amide bonds. The van der Waals surface area contributed by atoms with Crippen LogP contribution in [0.5, 0.6) is 0 Å². The van der Waals surface area contributed by atoms with Crippen molar-refractivity contribution in [3.05, 3.63) is 0 Å². The van der Waals surface area contributed by atoms with Crippen LogP contribution < -0.4 is 0 Å². The van der Waals surface area contributed by atoms with Crippen LogP contribution in [0.1, 0.15) is 0 Å². The summed E-state index contributed by atoms with van der Waals surface area (Å²) in [4.78, 5) is 0. The zero-order valence-corrected chi connectivity index (χ0v) is 4.49. The van der Waals surface area contributed by atoms with Crippen LogP contribution in [0, 0.1) is 0 Å². The van der Waals surface area contributed by atoms with Crippen LogP contribution in [0.3, 0.4) is 0 Å². The molecule has 0 bridgehead atoms. The first-order valence-electron chi connectivity index (χ1n) is 0.744. The Morgan fingerprint density at radius 2 is 1.40 bits per heavy atom. The van der Waals surface area contributed by atoms with Crippen molar-refractivity contribution < 1.29 is 25.3 Å². The normalized spacial score (nSPS) is 11.2. The Balaban J connectivity index is 0. The zero-order valence-electron chi connectivity index (χ0n) is 1.52. The summed E-state index contributed by atoms with van der Waals surface area (Å²) in [6.45, 7) is 0. The Hall–Kier alpha value is 2.05. The fourth-order valence-corrected chi connectivity index (χ4v) is 0. The maximum atomic E-state index is 4.19. The van der Waals surface area contributed by atoms with Crippen LogP contribution in [0.2, 0.25) is 0 Å². The summed E-state index contributed by atoms with van der Waals surface area (Å²) >= 11 is -0.625. The van der Waals surface area contributed by atoms with Gasteiger partial charge in [0.1, 0.15) is 0 Å². The van der Waals surface area contributed by atoms with E-state index in [1.807, 2.05) is 0 Å². The zero-order chi connectivity index (χ0) is 2.12. The van der Waals surface area contributed by atoms with Gasteiger partial charge in [0.2, 0.25) is 0 Å². The molecule has 0 radical (unpaired) electrons. The molecule has 1 aliphatic rings. The van der Waals surface area contributed by atoms with Gasteiger partial charge in [0.05, 0.1) is 0 Å². The van der Waals surface area contributed by atoms with Gasteiger partial charge < -0.3 is 0 Å². The summed E-state index contributed by atoms with van der Waals surface area (Å²) in [5.41, 5.74) is 0. The molecule has 1 saturated heterocycles. The standard InChI is InChI=1S/Ga.In.O2.Zn.6H/c;;1-2;;;;;;;/q;;-2;+2;;;;;;. The SMILES string of the molecule is [GaH3].[InH3].[O]1[O][Zn]1. The molecular weight excluding hydrogens is 282 g/mol. The second-order valence-electron chi connectivity index (χ2n) is 0.354. The van der Waals surface area contributed by atoms with Gasteiger partial charge in [-0.25, -0.2) is 0 Å². The minimum absolute atomic E-state index is 0. The van der Waals surface area contributed by atoms with Gasteiger partial charge in [-0.1, -0.05) is 0 Å². The summed E-state index contributed by atoms with van der Waals surface area (Å²) in [5, 5.41) is 0. The summed E-state index contributed by atoms with van der Waals surface area (Å²) in [5.74, 6) is 0. The monoisotopic (exact) mass is 286 g/mol. The van der Waals surface area contributed by atoms with Crippen molar-refractivity contribution in [3.63, 3.8) is 0 Å². The summed E-state index contributed by atoms with van der Waals surface area (Å²) in [7, 11) is 0. The Labute approximate surface area is 70.1 Å². The molecule has 26 valence electrons. The summed E-state index contributed by atoms with van der Waals surface area (Å²) < 4.78 is 8.38. The van der Waals surface area contributed by atoms with Gasteiger partial charge in [0, 0.05) is 0 Å². The minimum atomic E-state index is -0.625. The van der Waals surface area contributed by atoms with Crippen LogP contribution in [-0.4, -0.2) is 45.6 Å². The van der Waals surface area contributed by atoms with E-state index < -0.39 is 17.8 Å². The molecule has 0 aromatic heterocycles. The van der Waals surface area contributed by atoms with E-state index in [0.29, 0.717) is 0 Å². The molecule has 1 rings (SSSR count). The Morgan fingerprint density at radius 3 is 1.40 bits per heavy atom. The molecule has 0 spiro atoms. The van der Waals surface area contributed by atoms with Crippen molar-refractivity contribution in [2.45, 2.75) is 0 Å². The molecule has 5 heavy (non-hydrogen) atoms. The van der Waals surface area contributed by atoms with E-state index >= 15 is 0 Å². The Morgan fingerprint density at radius 1 is 1.20 bits per heavy atom. The predicted octanol–water partition coefficient (Wildman–Crippen LogP) is -2.51. The van der Waals surface area contributed by atoms with E-state index in [9.17, 15) is 0 Å². The average Bonchev–Trinajstić information content (AvgIpc) is 1.46. The molecule has 0 aromatic carbocycles. The van der Waals surface area contributed by atoms with Gasteiger partial charge in [-0.05, 0) is 0 Å². The van der Waals surface area contributed by atoms with E-state index in [1.54, 1.807) is 0 Å². The van der Waals surface area contributed by atoms with Gasteiger partial charge in [-0.15, -0.1) is 0 Å². The number of hydrogen-bond donors (Lipinski definition) is 0. The topological polar surface area (TPSA) is 25.1 Å². The molecule has 1 aliphatic heterocycles. The van der Waals surface area contributed by atoms with E-state index in [4.69, 9.17) is 0 Å². The van der Waals surface area contributed by atoms with Crippen LogP contribution in [0.4, 0.5) is 0 Å². The average molecular weight is 288 g/mol. The van der Waals surface area contributed by atoms with Crippen molar-refractivity contribution in [2.24, 2.45) is 0 Å². The molecule has 0 atom stereocenters. The Kier molecular flexibility index (Phi) is 12.2. The van der Waals surface area contributed by atoms with Crippen molar-refractivity contribution in [3.8, 4) is 0 Å². The maximum absolute atomic E-state index is 4.19. The molecule has 0 unspecified atom stereocenters. The van der Waals surface area contributed by atoms with Gasteiger partial charge in [0.15, 0.2) is 0 Å². The second kappa shape index (κ2) is 6.05. The first-order chi connectivity index (χ1) is 1.50. The molecule has 0 saturated carbocycles. The van der Waals surface area contributed by atoms with Crippen LogP contribution in [-0.2, 0) is 25.3 Å².